The van der Waals surface area contributed by atoms with Crippen molar-refractivity contribution >= 4 is 0 Å². The summed E-state index contributed by atoms with van der Waals surface area (Å²) in [6, 6.07) is 0. The Balaban J connectivity index is 3.72. The maximum absolute atomic E-state index is 8.67. The highest BCUT2D eigenvalue weighted by molar-refractivity contribution is 4.65. The van der Waals surface area contributed by atoms with Crippen LogP contribution in [0, 0.1) is 5.92 Å². The zero-order valence-electron chi connectivity index (χ0n) is 9.25. The topological polar surface area (TPSA) is 29.5 Å². The second-order valence-corrected chi connectivity index (χ2v) is 3.66. The molecule has 0 aliphatic heterocycles. The number of hydrogen-bond donors (Lipinski definition) is 1. The highest BCUT2D eigenvalue weighted by Crippen LogP contribution is 2.17. The van der Waals surface area contributed by atoms with Gasteiger partial charge >= 0.3 is 0 Å². The molecule has 2 nitrogen and oxygen atoms in total. The third-order valence-electron chi connectivity index (χ3n) is 2.54. The van der Waals surface area contributed by atoms with Crippen LogP contribution >= 0.6 is 0 Å². The number of hydrogen-bond acceptors (Lipinski definition) is 2. The molecule has 2 heteroatoms. The molecule has 0 amide bonds. The number of ether oxygens (including phenoxy) is 1. The van der Waals surface area contributed by atoms with Gasteiger partial charge in [-0.1, -0.05) is 40.0 Å². The first-order valence-corrected chi connectivity index (χ1v) is 5.48. The monoisotopic (exact) mass is 188 g/mol. The fourth-order valence-electron chi connectivity index (χ4n) is 1.40. The van der Waals surface area contributed by atoms with Gasteiger partial charge in [0, 0.05) is 0 Å². The molecule has 0 aromatic carbocycles. The highest BCUT2D eigenvalue weighted by Gasteiger charge is 2.15. The average molecular weight is 188 g/mol. The zero-order chi connectivity index (χ0) is 10.1. The Bertz CT molecular complexity index is 96.3. The molecule has 2 atom stereocenters. The highest BCUT2D eigenvalue weighted by atomic mass is 16.5. The van der Waals surface area contributed by atoms with Gasteiger partial charge in [0.25, 0.3) is 0 Å². The van der Waals surface area contributed by atoms with Crippen molar-refractivity contribution in [3.8, 4) is 0 Å². The molecule has 0 fully saturated rings. The smallest absolute Gasteiger partial charge is 0.0701 e. The van der Waals surface area contributed by atoms with E-state index in [4.69, 9.17) is 9.84 Å². The first-order chi connectivity index (χ1) is 6.26. The minimum atomic E-state index is 0.138. The lowest BCUT2D eigenvalue weighted by Crippen LogP contribution is -2.23. The lowest BCUT2D eigenvalue weighted by Gasteiger charge is -2.22. The van der Waals surface area contributed by atoms with Crippen LogP contribution in [0.2, 0.25) is 0 Å². The average Bonchev–Trinajstić information content (AvgIpc) is 2.17. The van der Waals surface area contributed by atoms with E-state index in [0.717, 1.165) is 12.8 Å². The van der Waals surface area contributed by atoms with E-state index in [1.54, 1.807) is 0 Å². The van der Waals surface area contributed by atoms with Crippen LogP contribution in [0.5, 0.6) is 0 Å². The quantitative estimate of drug-likeness (QED) is 0.634. The van der Waals surface area contributed by atoms with Crippen molar-refractivity contribution in [1.29, 1.82) is 0 Å². The molecule has 0 aromatic rings. The molecule has 2 unspecified atom stereocenters. The molecule has 0 rings (SSSR count). The van der Waals surface area contributed by atoms with Crippen molar-refractivity contribution in [3.05, 3.63) is 0 Å². The molecule has 1 N–H and O–H groups in total. The van der Waals surface area contributed by atoms with E-state index in [1.165, 1.54) is 12.8 Å². The maximum atomic E-state index is 8.67. The Morgan fingerprint density at radius 3 is 2.46 bits per heavy atom. The molecule has 0 bridgehead atoms. The van der Waals surface area contributed by atoms with E-state index in [2.05, 4.69) is 20.8 Å². The fourth-order valence-corrected chi connectivity index (χ4v) is 1.40. The molecule has 13 heavy (non-hydrogen) atoms. The molecule has 0 heterocycles. The first kappa shape index (κ1) is 12.9. The largest absolute Gasteiger partial charge is 0.394 e. The van der Waals surface area contributed by atoms with E-state index in [9.17, 15) is 0 Å². The normalized spacial score (nSPS) is 15.7. The van der Waals surface area contributed by atoms with E-state index < -0.39 is 0 Å². The minimum absolute atomic E-state index is 0.138. The number of aliphatic hydroxyl groups is 1. The Hall–Kier alpha value is -0.0800. The van der Waals surface area contributed by atoms with Gasteiger partial charge in [-0.15, -0.1) is 0 Å². The summed E-state index contributed by atoms with van der Waals surface area (Å²) in [6.45, 7) is 7.22. The minimum Gasteiger partial charge on any atom is -0.394 e. The SMILES string of the molecule is CCCCC(OCCO)C(C)CC. The Morgan fingerprint density at radius 1 is 1.31 bits per heavy atom. The van der Waals surface area contributed by atoms with Crippen molar-refractivity contribution in [1.82, 2.24) is 0 Å². The predicted molar refractivity (Wildman–Crippen MR) is 55.8 cm³/mol. The van der Waals surface area contributed by atoms with Crippen LogP contribution in [0.15, 0.2) is 0 Å². The Kier molecular flexibility index (Phi) is 8.46. The van der Waals surface area contributed by atoms with Crippen molar-refractivity contribution in [2.24, 2.45) is 5.92 Å². The molecular weight excluding hydrogens is 164 g/mol. The van der Waals surface area contributed by atoms with Gasteiger partial charge in [-0.25, -0.2) is 0 Å². The van der Waals surface area contributed by atoms with E-state index in [1.807, 2.05) is 0 Å². The first-order valence-electron chi connectivity index (χ1n) is 5.48. The van der Waals surface area contributed by atoms with Crippen LogP contribution in [-0.2, 0) is 4.74 Å². The summed E-state index contributed by atoms with van der Waals surface area (Å²) >= 11 is 0. The molecule has 0 spiro atoms. The summed E-state index contributed by atoms with van der Waals surface area (Å²) in [5, 5.41) is 8.67. The molecular formula is C11H24O2. The van der Waals surface area contributed by atoms with Gasteiger partial charge in [0.1, 0.15) is 0 Å². The van der Waals surface area contributed by atoms with E-state index in [-0.39, 0.29) is 6.61 Å². The third kappa shape index (κ3) is 6.05. The summed E-state index contributed by atoms with van der Waals surface area (Å²) < 4.78 is 5.60. The van der Waals surface area contributed by atoms with Crippen LogP contribution in [-0.4, -0.2) is 24.4 Å². The van der Waals surface area contributed by atoms with Gasteiger partial charge in [-0.3, -0.25) is 0 Å². The zero-order valence-corrected chi connectivity index (χ0v) is 9.25. The van der Waals surface area contributed by atoms with Crippen LogP contribution in [0.3, 0.4) is 0 Å². The Labute approximate surface area is 82.3 Å². The number of rotatable bonds is 8. The molecule has 0 aromatic heterocycles. The van der Waals surface area contributed by atoms with Gasteiger partial charge in [0.15, 0.2) is 0 Å². The van der Waals surface area contributed by atoms with Gasteiger partial charge in [0.2, 0.25) is 0 Å². The summed E-state index contributed by atoms with van der Waals surface area (Å²) in [6.07, 6.45) is 5.07. The molecule has 0 aliphatic carbocycles. The van der Waals surface area contributed by atoms with Crippen LogP contribution in [0.4, 0.5) is 0 Å². The van der Waals surface area contributed by atoms with Crippen molar-refractivity contribution < 1.29 is 9.84 Å². The Morgan fingerprint density at radius 2 is 2.00 bits per heavy atom. The molecule has 0 saturated carbocycles. The van der Waals surface area contributed by atoms with E-state index in [0.29, 0.717) is 18.6 Å². The maximum Gasteiger partial charge on any atom is 0.0701 e. The summed E-state index contributed by atoms with van der Waals surface area (Å²) in [4.78, 5) is 0. The van der Waals surface area contributed by atoms with Gasteiger partial charge in [0.05, 0.1) is 19.3 Å². The molecule has 0 saturated heterocycles. The van der Waals surface area contributed by atoms with Crippen molar-refractivity contribution in [3.63, 3.8) is 0 Å². The molecule has 0 aliphatic rings. The summed E-state index contributed by atoms with van der Waals surface area (Å²) in [5.74, 6) is 0.609. The van der Waals surface area contributed by atoms with Crippen LogP contribution in [0.1, 0.15) is 46.5 Å². The second-order valence-electron chi connectivity index (χ2n) is 3.66. The van der Waals surface area contributed by atoms with Crippen molar-refractivity contribution in [2.45, 2.75) is 52.6 Å². The van der Waals surface area contributed by atoms with Crippen LogP contribution in [0.25, 0.3) is 0 Å². The lowest BCUT2D eigenvalue weighted by molar-refractivity contribution is -0.00769. The number of aliphatic hydroxyl groups excluding tert-OH is 1. The van der Waals surface area contributed by atoms with Crippen LogP contribution < -0.4 is 0 Å². The van der Waals surface area contributed by atoms with E-state index >= 15 is 0 Å². The standard InChI is InChI=1S/C11H24O2/c1-4-6-7-11(10(3)5-2)13-9-8-12/h10-12H,4-9H2,1-3H3. The van der Waals surface area contributed by atoms with Gasteiger partial charge < -0.3 is 9.84 Å². The molecule has 0 radical (unpaired) electrons. The van der Waals surface area contributed by atoms with Gasteiger partial charge in [-0.05, 0) is 12.3 Å². The summed E-state index contributed by atoms with van der Waals surface area (Å²) in [7, 11) is 0. The van der Waals surface area contributed by atoms with Gasteiger partial charge in [-0.2, -0.15) is 0 Å². The number of unbranched alkanes of at least 4 members (excludes halogenated alkanes) is 1. The lowest BCUT2D eigenvalue weighted by atomic mass is 9.97. The fraction of sp³-hybridized carbons (Fsp3) is 1.00. The summed E-state index contributed by atoms with van der Waals surface area (Å²) in [5.41, 5.74) is 0. The third-order valence-corrected chi connectivity index (χ3v) is 2.54. The van der Waals surface area contributed by atoms with Crippen molar-refractivity contribution in [2.75, 3.05) is 13.2 Å². The molecule has 80 valence electrons. The second kappa shape index (κ2) is 8.52. The predicted octanol–water partition coefficient (Wildman–Crippen LogP) is 2.60.